The number of likely N-dealkylation sites (tertiary alicyclic amines) is 1. The summed E-state index contributed by atoms with van der Waals surface area (Å²) in [4.78, 5) is 25.9. The minimum absolute atomic E-state index is 0.105. The van der Waals surface area contributed by atoms with E-state index < -0.39 is 5.97 Å². The van der Waals surface area contributed by atoms with Gasteiger partial charge in [0.25, 0.3) is 5.91 Å². The monoisotopic (exact) mass is 481 g/mol. The van der Waals surface area contributed by atoms with Gasteiger partial charge in [0.05, 0.1) is 5.92 Å². The molecule has 0 spiro atoms. The van der Waals surface area contributed by atoms with Gasteiger partial charge in [-0.2, -0.15) is 0 Å². The molecule has 1 amide bonds. The lowest BCUT2D eigenvalue weighted by molar-refractivity contribution is -0.143. The van der Waals surface area contributed by atoms with Gasteiger partial charge in [0.15, 0.2) is 0 Å². The fraction of sp³-hybridized carbons (Fsp3) is 0.200. The molecular formula is C30H27NO5. The van der Waals surface area contributed by atoms with Crippen molar-refractivity contribution in [3.63, 3.8) is 0 Å². The molecule has 1 heterocycles. The van der Waals surface area contributed by atoms with Crippen LogP contribution in [0.4, 0.5) is 0 Å². The number of carboxylic acids is 1. The Bertz CT molecular complexity index is 1420. The molecule has 0 aliphatic carbocycles. The molecule has 0 bridgehead atoms. The molecule has 2 N–H and O–H groups in total. The third-order valence-electron chi connectivity index (χ3n) is 6.79. The highest BCUT2D eigenvalue weighted by Crippen LogP contribution is 2.42. The average Bonchev–Trinajstić information content (AvgIpc) is 2.89. The summed E-state index contributed by atoms with van der Waals surface area (Å²) in [6.45, 7) is 2.90. The second-order valence-corrected chi connectivity index (χ2v) is 9.20. The van der Waals surface area contributed by atoms with E-state index >= 15 is 0 Å². The predicted octanol–water partition coefficient (Wildman–Crippen LogP) is 6.25. The lowest BCUT2D eigenvalue weighted by Crippen LogP contribution is -2.40. The summed E-state index contributed by atoms with van der Waals surface area (Å²) >= 11 is 0. The number of aryl methyl sites for hydroxylation is 1. The highest BCUT2D eigenvalue weighted by atomic mass is 16.5. The number of rotatable bonds is 5. The van der Waals surface area contributed by atoms with Gasteiger partial charge in [-0.05, 0) is 78.7 Å². The van der Waals surface area contributed by atoms with E-state index in [-0.39, 0.29) is 17.6 Å². The highest BCUT2D eigenvalue weighted by Gasteiger charge is 2.27. The van der Waals surface area contributed by atoms with Gasteiger partial charge < -0.3 is 19.8 Å². The number of hydrogen-bond donors (Lipinski definition) is 2. The topological polar surface area (TPSA) is 87.1 Å². The molecule has 4 aromatic carbocycles. The Hall–Kier alpha value is -4.32. The molecule has 1 aliphatic heterocycles. The Kier molecular flexibility index (Phi) is 6.34. The van der Waals surface area contributed by atoms with Crippen molar-refractivity contribution in [2.75, 3.05) is 13.1 Å². The second kappa shape index (κ2) is 9.74. The van der Waals surface area contributed by atoms with Crippen LogP contribution < -0.4 is 4.74 Å². The summed E-state index contributed by atoms with van der Waals surface area (Å²) in [6.07, 6.45) is 0.945. The summed E-state index contributed by atoms with van der Waals surface area (Å²) in [7, 11) is 0. The fourth-order valence-corrected chi connectivity index (χ4v) is 4.86. The molecule has 0 atom stereocenters. The summed E-state index contributed by atoms with van der Waals surface area (Å²) in [5.74, 6) is 0.189. The summed E-state index contributed by atoms with van der Waals surface area (Å²) < 4.78 is 6.45. The van der Waals surface area contributed by atoms with Crippen LogP contribution >= 0.6 is 0 Å². The van der Waals surface area contributed by atoms with E-state index in [9.17, 15) is 19.8 Å². The quantitative estimate of drug-likeness (QED) is 0.352. The molecule has 0 saturated carbocycles. The van der Waals surface area contributed by atoms with Crippen LogP contribution in [0.2, 0.25) is 0 Å². The van der Waals surface area contributed by atoms with E-state index in [0.717, 1.165) is 27.5 Å². The zero-order valence-electron chi connectivity index (χ0n) is 20.0. The number of carbonyl (C=O) groups excluding carboxylic acids is 1. The van der Waals surface area contributed by atoms with Gasteiger partial charge in [-0.1, -0.05) is 36.4 Å². The number of hydrogen-bond acceptors (Lipinski definition) is 4. The molecule has 6 nitrogen and oxygen atoms in total. The van der Waals surface area contributed by atoms with Crippen molar-refractivity contribution in [3.8, 4) is 28.4 Å². The van der Waals surface area contributed by atoms with E-state index in [4.69, 9.17) is 4.74 Å². The number of phenols is 1. The van der Waals surface area contributed by atoms with Gasteiger partial charge in [0.1, 0.15) is 17.2 Å². The van der Waals surface area contributed by atoms with Gasteiger partial charge >= 0.3 is 5.97 Å². The molecule has 1 saturated heterocycles. The van der Waals surface area contributed by atoms with Crippen LogP contribution in [0.5, 0.6) is 17.2 Å². The van der Waals surface area contributed by atoms with E-state index in [0.29, 0.717) is 43.0 Å². The average molecular weight is 482 g/mol. The highest BCUT2D eigenvalue weighted by molar-refractivity contribution is 5.98. The molecule has 1 fully saturated rings. The van der Waals surface area contributed by atoms with E-state index in [1.54, 1.807) is 41.3 Å². The Morgan fingerprint density at radius 1 is 0.917 bits per heavy atom. The number of fused-ring (bicyclic) bond motifs is 1. The van der Waals surface area contributed by atoms with E-state index in [1.807, 2.05) is 49.4 Å². The number of piperidine rings is 1. The van der Waals surface area contributed by atoms with Crippen LogP contribution in [0, 0.1) is 12.8 Å². The Balaban J connectivity index is 1.45. The van der Waals surface area contributed by atoms with Gasteiger partial charge in [-0.15, -0.1) is 0 Å². The largest absolute Gasteiger partial charge is 0.508 e. The molecule has 0 radical (unpaired) electrons. The van der Waals surface area contributed by atoms with Crippen molar-refractivity contribution in [1.29, 1.82) is 0 Å². The minimum atomic E-state index is -0.794. The molecule has 0 aromatic heterocycles. The zero-order chi connectivity index (χ0) is 25.2. The first-order chi connectivity index (χ1) is 17.4. The van der Waals surface area contributed by atoms with E-state index in [1.165, 1.54) is 0 Å². The fourth-order valence-electron chi connectivity index (χ4n) is 4.86. The second-order valence-electron chi connectivity index (χ2n) is 9.20. The third-order valence-corrected chi connectivity index (χ3v) is 6.79. The standard InChI is InChI=1S/C30H27NO5/c1-19-17-23-18-24(32)9-12-26(23)28(27(19)20-5-3-2-4-6-20)36-25-10-7-21(8-11-25)29(33)31-15-13-22(14-16-31)30(34)35/h2-12,17-18,22,32H,13-16H2,1H3,(H,34,35). The molecular weight excluding hydrogens is 454 g/mol. The molecule has 182 valence electrons. The molecule has 6 heteroatoms. The van der Waals surface area contributed by atoms with Crippen LogP contribution in [0.1, 0.15) is 28.8 Å². The molecule has 5 rings (SSSR count). The van der Waals surface area contributed by atoms with Gasteiger partial charge in [0, 0.05) is 29.6 Å². The first-order valence-electron chi connectivity index (χ1n) is 12.0. The zero-order valence-corrected chi connectivity index (χ0v) is 20.0. The van der Waals surface area contributed by atoms with Crippen LogP contribution in [-0.2, 0) is 4.79 Å². The van der Waals surface area contributed by atoms with Crippen molar-refractivity contribution < 1.29 is 24.5 Å². The van der Waals surface area contributed by atoms with Crippen LogP contribution in [-0.4, -0.2) is 40.1 Å². The maximum absolute atomic E-state index is 13.0. The van der Waals surface area contributed by atoms with Gasteiger partial charge in [-0.25, -0.2) is 0 Å². The Morgan fingerprint density at radius 3 is 2.28 bits per heavy atom. The number of ether oxygens (including phenoxy) is 1. The van der Waals surface area contributed by atoms with Crippen LogP contribution in [0.25, 0.3) is 21.9 Å². The lowest BCUT2D eigenvalue weighted by Gasteiger charge is -2.30. The molecule has 4 aromatic rings. The van der Waals surface area contributed by atoms with Crippen molar-refractivity contribution in [2.24, 2.45) is 5.92 Å². The van der Waals surface area contributed by atoms with Crippen LogP contribution in [0.15, 0.2) is 78.9 Å². The summed E-state index contributed by atoms with van der Waals surface area (Å²) in [5, 5.41) is 21.0. The Labute approximate surface area is 209 Å². The van der Waals surface area contributed by atoms with Crippen molar-refractivity contribution in [2.45, 2.75) is 19.8 Å². The third kappa shape index (κ3) is 4.62. The lowest BCUT2D eigenvalue weighted by atomic mass is 9.94. The molecule has 36 heavy (non-hydrogen) atoms. The number of nitrogens with zero attached hydrogens (tertiary/aromatic N) is 1. The molecule has 1 aliphatic rings. The van der Waals surface area contributed by atoms with Crippen molar-refractivity contribution in [3.05, 3.63) is 90.0 Å². The maximum atomic E-state index is 13.0. The number of aliphatic carboxylic acids is 1. The predicted molar refractivity (Wildman–Crippen MR) is 139 cm³/mol. The smallest absolute Gasteiger partial charge is 0.306 e. The molecule has 0 unspecified atom stereocenters. The van der Waals surface area contributed by atoms with Crippen molar-refractivity contribution in [1.82, 2.24) is 4.90 Å². The number of carbonyl (C=O) groups is 2. The first kappa shape index (κ1) is 23.4. The summed E-state index contributed by atoms with van der Waals surface area (Å²) in [6, 6.07) is 24.3. The van der Waals surface area contributed by atoms with Gasteiger partial charge in [0.2, 0.25) is 0 Å². The normalized spacial score (nSPS) is 14.1. The summed E-state index contributed by atoms with van der Waals surface area (Å²) in [5.41, 5.74) is 3.55. The number of carboxylic acid groups (broad SMARTS) is 1. The maximum Gasteiger partial charge on any atom is 0.306 e. The number of phenolic OH excluding ortho intramolecular Hbond substituents is 1. The number of aromatic hydroxyl groups is 1. The van der Waals surface area contributed by atoms with Crippen LogP contribution in [0.3, 0.4) is 0 Å². The Morgan fingerprint density at radius 2 is 1.61 bits per heavy atom. The number of benzene rings is 4. The van der Waals surface area contributed by atoms with Gasteiger partial charge in [-0.3, -0.25) is 9.59 Å². The number of amides is 1. The SMILES string of the molecule is Cc1cc2cc(O)ccc2c(Oc2ccc(C(=O)N3CCC(C(=O)O)CC3)cc2)c1-c1ccccc1. The minimum Gasteiger partial charge on any atom is -0.508 e. The van der Waals surface area contributed by atoms with Crippen molar-refractivity contribution >= 4 is 22.6 Å². The van der Waals surface area contributed by atoms with E-state index in [2.05, 4.69) is 0 Å². The first-order valence-corrected chi connectivity index (χ1v) is 12.0.